The Morgan fingerprint density at radius 3 is 2.48 bits per heavy atom. The highest BCUT2D eigenvalue weighted by Gasteiger charge is 2.35. The summed E-state index contributed by atoms with van der Waals surface area (Å²) in [5.74, 6) is 1.53. The molecule has 2 aliphatic rings. The highest BCUT2D eigenvalue weighted by Crippen LogP contribution is 2.42. The van der Waals surface area contributed by atoms with Crippen molar-refractivity contribution in [2.24, 2.45) is 4.99 Å². The first kappa shape index (κ1) is 20.1. The maximum absolute atomic E-state index is 11.3. The van der Waals surface area contributed by atoms with Crippen LogP contribution in [0.15, 0.2) is 63.8 Å². The fourth-order valence-electron chi connectivity index (χ4n) is 3.66. The first-order valence-corrected chi connectivity index (χ1v) is 9.27. The lowest BCUT2D eigenvalue weighted by Gasteiger charge is -2.37. The second kappa shape index (κ2) is 7.94. The molecule has 1 aromatic carbocycles. The van der Waals surface area contributed by atoms with Gasteiger partial charge in [0, 0.05) is 12.5 Å². The summed E-state index contributed by atoms with van der Waals surface area (Å²) in [4.78, 5) is 27.6. The molecule has 2 aliphatic heterocycles. The molecule has 11 nitrogen and oxygen atoms in total. The van der Waals surface area contributed by atoms with Gasteiger partial charge in [-0.15, -0.1) is 0 Å². The maximum Gasteiger partial charge on any atom is 0.433 e. The Bertz CT molecular complexity index is 1130. The van der Waals surface area contributed by atoms with Crippen LogP contribution in [-0.2, 0) is 0 Å². The fourth-order valence-corrected chi connectivity index (χ4v) is 3.66. The Morgan fingerprint density at radius 2 is 1.84 bits per heavy atom. The molecular formula is C20H18N4O7. The SMILES string of the molecule is COc1ccc(C2CC(c3ccc([N+](=O)[O-])o3)N=C3C=CC([N+](=O)[O-])=CN32)cc1OC. The quantitative estimate of drug-likeness (QED) is 0.503. The molecular weight excluding hydrogens is 408 g/mol. The molecule has 160 valence electrons. The largest absolute Gasteiger partial charge is 0.493 e. The van der Waals surface area contributed by atoms with Crippen molar-refractivity contribution in [1.82, 2.24) is 4.90 Å². The van der Waals surface area contributed by atoms with Gasteiger partial charge in [-0.2, -0.15) is 0 Å². The van der Waals surface area contributed by atoms with Crippen LogP contribution in [0.2, 0.25) is 0 Å². The summed E-state index contributed by atoms with van der Waals surface area (Å²) in [7, 11) is 3.05. The molecule has 0 N–H and O–H groups in total. The normalized spacial score (nSPS) is 19.9. The summed E-state index contributed by atoms with van der Waals surface area (Å²) < 4.78 is 16.1. The minimum atomic E-state index is -0.607. The van der Waals surface area contributed by atoms with Crippen LogP contribution in [0.5, 0.6) is 11.5 Å². The molecule has 2 unspecified atom stereocenters. The monoisotopic (exact) mass is 426 g/mol. The van der Waals surface area contributed by atoms with Gasteiger partial charge in [0.1, 0.15) is 22.6 Å². The van der Waals surface area contributed by atoms with Crippen LogP contribution >= 0.6 is 0 Å². The van der Waals surface area contributed by atoms with E-state index in [0.29, 0.717) is 29.5 Å². The van der Waals surface area contributed by atoms with Gasteiger partial charge in [-0.25, -0.2) is 0 Å². The van der Waals surface area contributed by atoms with E-state index >= 15 is 0 Å². The molecule has 2 atom stereocenters. The number of ether oxygens (including phenoxy) is 2. The van der Waals surface area contributed by atoms with Gasteiger partial charge in [-0.05, 0) is 29.8 Å². The molecule has 1 aromatic heterocycles. The molecule has 0 radical (unpaired) electrons. The highest BCUT2D eigenvalue weighted by atomic mass is 16.6. The third-order valence-corrected chi connectivity index (χ3v) is 5.13. The van der Waals surface area contributed by atoms with E-state index in [1.165, 1.54) is 38.6 Å². The van der Waals surface area contributed by atoms with Gasteiger partial charge < -0.3 is 18.8 Å². The third kappa shape index (κ3) is 3.72. The number of rotatable bonds is 6. The van der Waals surface area contributed by atoms with Crippen molar-refractivity contribution in [3.63, 3.8) is 0 Å². The predicted molar refractivity (Wildman–Crippen MR) is 108 cm³/mol. The maximum atomic E-state index is 11.3. The van der Waals surface area contributed by atoms with Gasteiger partial charge in [0.25, 0.3) is 5.70 Å². The molecule has 0 aliphatic carbocycles. The van der Waals surface area contributed by atoms with Crippen LogP contribution in [0.4, 0.5) is 5.88 Å². The molecule has 0 amide bonds. The number of allylic oxidation sites excluding steroid dienone is 1. The average molecular weight is 426 g/mol. The zero-order valence-corrected chi connectivity index (χ0v) is 16.6. The molecule has 0 spiro atoms. The summed E-state index contributed by atoms with van der Waals surface area (Å²) in [6.45, 7) is 0. The van der Waals surface area contributed by atoms with Crippen molar-refractivity contribution in [3.05, 3.63) is 85.9 Å². The number of amidine groups is 1. The number of benzene rings is 1. The number of furan rings is 1. The van der Waals surface area contributed by atoms with Gasteiger partial charge in [-0.3, -0.25) is 25.2 Å². The van der Waals surface area contributed by atoms with Crippen LogP contribution < -0.4 is 9.47 Å². The second-order valence-corrected chi connectivity index (χ2v) is 6.85. The van der Waals surface area contributed by atoms with Crippen molar-refractivity contribution < 1.29 is 23.7 Å². The molecule has 0 saturated carbocycles. The van der Waals surface area contributed by atoms with Crippen LogP contribution in [0.3, 0.4) is 0 Å². The molecule has 2 aromatic rings. The van der Waals surface area contributed by atoms with Crippen molar-refractivity contribution >= 4 is 11.7 Å². The summed E-state index contributed by atoms with van der Waals surface area (Å²) in [6.07, 6.45) is 4.73. The molecule has 4 rings (SSSR count). The summed E-state index contributed by atoms with van der Waals surface area (Å²) >= 11 is 0. The lowest BCUT2D eigenvalue weighted by atomic mass is 9.93. The Hall–Kier alpha value is -4.15. The Balaban J connectivity index is 1.78. The number of hydrogen-bond acceptors (Lipinski definition) is 9. The van der Waals surface area contributed by atoms with Crippen molar-refractivity contribution in [2.45, 2.75) is 18.5 Å². The molecule has 31 heavy (non-hydrogen) atoms. The highest BCUT2D eigenvalue weighted by molar-refractivity contribution is 5.96. The Morgan fingerprint density at radius 1 is 1.06 bits per heavy atom. The fraction of sp³-hybridized carbons (Fsp3) is 0.250. The summed E-state index contributed by atoms with van der Waals surface area (Å²) in [6, 6.07) is 7.34. The van der Waals surface area contributed by atoms with E-state index in [4.69, 9.17) is 13.9 Å². The topological polar surface area (TPSA) is 133 Å². The molecule has 3 heterocycles. The number of nitrogens with zero attached hydrogens (tertiary/aromatic N) is 4. The number of fused-ring (bicyclic) bond motifs is 1. The molecule has 0 saturated heterocycles. The van der Waals surface area contributed by atoms with E-state index in [2.05, 4.69) is 4.99 Å². The number of nitro groups is 2. The first-order chi connectivity index (χ1) is 14.9. The van der Waals surface area contributed by atoms with Gasteiger partial charge in [-0.1, -0.05) is 6.07 Å². The minimum absolute atomic E-state index is 0.0727. The number of methoxy groups -OCH3 is 2. The standard InChI is InChI=1S/C20H18N4O7/c1-29-17-5-3-12(9-18(17)30-2)15-10-14(16-6-8-20(31-16)24(27)28)21-19-7-4-13(23(25)26)11-22(15)19/h3-9,11,14-15H,10H2,1-2H3. The van der Waals surface area contributed by atoms with Crippen molar-refractivity contribution in [1.29, 1.82) is 0 Å². The number of aliphatic imine (C=N–C) groups is 1. The van der Waals surface area contributed by atoms with Crippen LogP contribution in [0, 0.1) is 20.2 Å². The summed E-state index contributed by atoms with van der Waals surface area (Å²) in [5, 5.41) is 22.3. The van der Waals surface area contributed by atoms with Crippen LogP contribution in [0.25, 0.3) is 0 Å². The zero-order valence-electron chi connectivity index (χ0n) is 16.6. The van der Waals surface area contributed by atoms with Gasteiger partial charge in [0.05, 0.1) is 37.5 Å². The van der Waals surface area contributed by atoms with Gasteiger partial charge in [0.2, 0.25) is 0 Å². The molecule has 0 bridgehead atoms. The first-order valence-electron chi connectivity index (χ1n) is 9.27. The summed E-state index contributed by atoms with van der Waals surface area (Å²) in [5.41, 5.74) is 0.738. The van der Waals surface area contributed by atoms with Gasteiger partial charge >= 0.3 is 5.88 Å². The zero-order chi connectivity index (χ0) is 22.1. The van der Waals surface area contributed by atoms with Crippen LogP contribution in [-0.4, -0.2) is 34.8 Å². The van der Waals surface area contributed by atoms with Crippen molar-refractivity contribution in [2.75, 3.05) is 14.2 Å². The lowest BCUT2D eigenvalue weighted by Crippen LogP contribution is -2.36. The van der Waals surface area contributed by atoms with E-state index in [1.807, 2.05) is 6.07 Å². The Kier molecular flexibility index (Phi) is 5.15. The van der Waals surface area contributed by atoms with Crippen molar-refractivity contribution in [3.8, 4) is 11.5 Å². The molecule has 11 heteroatoms. The van der Waals surface area contributed by atoms with Gasteiger partial charge in [0.15, 0.2) is 11.5 Å². The van der Waals surface area contributed by atoms with Crippen LogP contribution in [0.1, 0.15) is 29.8 Å². The minimum Gasteiger partial charge on any atom is -0.493 e. The van der Waals surface area contributed by atoms with E-state index in [1.54, 1.807) is 23.1 Å². The predicted octanol–water partition coefficient (Wildman–Crippen LogP) is 3.78. The third-order valence-electron chi connectivity index (χ3n) is 5.13. The van der Waals surface area contributed by atoms with E-state index < -0.39 is 15.9 Å². The van der Waals surface area contributed by atoms with E-state index in [-0.39, 0.29) is 17.6 Å². The Labute approximate surface area is 176 Å². The lowest BCUT2D eigenvalue weighted by molar-refractivity contribution is -0.420. The van der Waals surface area contributed by atoms with E-state index in [9.17, 15) is 20.2 Å². The van der Waals surface area contributed by atoms with E-state index in [0.717, 1.165) is 5.56 Å². The number of hydrogen-bond donors (Lipinski definition) is 0. The average Bonchev–Trinajstić information content (AvgIpc) is 3.28. The molecule has 0 fully saturated rings. The smallest absolute Gasteiger partial charge is 0.433 e. The second-order valence-electron chi connectivity index (χ2n) is 6.85.